The number of hydrogen-bond donors (Lipinski definition) is 1. The van der Waals surface area contributed by atoms with Gasteiger partial charge >= 0.3 is 5.97 Å². The molecule has 0 spiro atoms. The van der Waals surface area contributed by atoms with Crippen LogP contribution in [0.15, 0.2) is 18.2 Å². The van der Waals surface area contributed by atoms with Crippen molar-refractivity contribution in [3.05, 3.63) is 35.4 Å². The number of carbonyl (C=O) groups excluding carboxylic acids is 1. The van der Waals surface area contributed by atoms with Crippen molar-refractivity contribution in [1.82, 2.24) is 9.80 Å². The van der Waals surface area contributed by atoms with Gasteiger partial charge in [0.2, 0.25) is 0 Å². The second kappa shape index (κ2) is 9.54. The van der Waals surface area contributed by atoms with Crippen LogP contribution in [0, 0.1) is 11.6 Å². The van der Waals surface area contributed by atoms with Crippen LogP contribution >= 0.6 is 12.4 Å². The molecule has 0 saturated carbocycles. The van der Waals surface area contributed by atoms with Crippen LogP contribution in [-0.4, -0.2) is 59.5 Å². The van der Waals surface area contributed by atoms with E-state index in [2.05, 4.69) is 4.90 Å². The van der Waals surface area contributed by atoms with Crippen molar-refractivity contribution in [1.29, 1.82) is 0 Å². The first kappa shape index (κ1) is 20.3. The fourth-order valence-corrected chi connectivity index (χ4v) is 2.62. The van der Waals surface area contributed by atoms with Gasteiger partial charge < -0.3 is 10.0 Å². The van der Waals surface area contributed by atoms with Gasteiger partial charge in [-0.15, -0.1) is 12.4 Å². The molecule has 5 nitrogen and oxygen atoms in total. The highest BCUT2D eigenvalue weighted by atomic mass is 35.5. The molecule has 2 rings (SSSR count). The van der Waals surface area contributed by atoms with E-state index in [9.17, 15) is 18.4 Å². The summed E-state index contributed by atoms with van der Waals surface area (Å²) in [6.45, 7) is 3.09. The lowest BCUT2D eigenvalue weighted by molar-refractivity contribution is -0.137. The Hall–Kier alpha value is -1.73. The van der Waals surface area contributed by atoms with E-state index in [0.717, 1.165) is 19.0 Å². The summed E-state index contributed by atoms with van der Waals surface area (Å²) in [5.41, 5.74) is -0.110. The Labute approximate surface area is 145 Å². The predicted molar refractivity (Wildman–Crippen MR) is 87.4 cm³/mol. The van der Waals surface area contributed by atoms with Crippen molar-refractivity contribution < 1.29 is 23.5 Å². The van der Waals surface area contributed by atoms with Crippen molar-refractivity contribution >= 4 is 24.3 Å². The zero-order valence-electron chi connectivity index (χ0n) is 13.2. The summed E-state index contributed by atoms with van der Waals surface area (Å²) in [6, 6.07) is 2.96. The maximum absolute atomic E-state index is 13.7. The molecule has 1 N–H and O–H groups in total. The summed E-state index contributed by atoms with van der Waals surface area (Å²) in [4.78, 5) is 26.4. The summed E-state index contributed by atoms with van der Waals surface area (Å²) in [5, 5.41) is 8.58. The highest BCUT2D eigenvalue weighted by Gasteiger charge is 2.24. The van der Waals surface area contributed by atoms with Crippen LogP contribution in [0.3, 0.4) is 0 Å². The Morgan fingerprint density at radius 2 is 1.75 bits per heavy atom. The van der Waals surface area contributed by atoms with E-state index < -0.39 is 23.5 Å². The predicted octanol–water partition coefficient (Wildman–Crippen LogP) is 2.40. The standard InChI is InChI=1S/C16H20F2N2O3.ClH/c17-12-4-5-13(14(18)11-12)16(23)20-9-7-19(8-10-20)6-2-1-3-15(21)22;/h4-5,11H,1-3,6-10H2,(H,21,22);1H. The Morgan fingerprint density at radius 3 is 2.33 bits per heavy atom. The molecule has 0 bridgehead atoms. The second-order valence-electron chi connectivity index (χ2n) is 5.61. The summed E-state index contributed by atoms with van der Waals surface area (Å²) in [5.74, 6) is -2.76. The fraction of sp³-hybridized carbons (Fsp3) is 0.500. The Morgan fingerprint density at radius 1 is 1.08 bits per heavy atom. The molecule has 134 valence electrons. The van der Waals surface area contributed by atoms with Crippen LogP contribution in [-0.2, 0) is 4.79 Å². The number of rotatable bonds is 6. The number of benzene rings is 1. The number of halogens is 3. The van der Waals surface area contributed by atoms with Crippen LogP contribution in [0.1, 0.15) is 29.6 Å². The molecule has 1 aliphatic rings. The molecular formula is C16H21ClF2N2O3. The molecule has 1 fully saturated rings. The van der Waals surface area contributed by atoms with E-state index >= 15 is 0 Å². The molecule has 1 aromatic carbocycles. The summed E-state index contributed by atoms with van der Waals surface area (Å²) >= 11 is 0. The molecule has 1 aliphatic heterocycles. The molecule has 0 radical (unpaired) electrons. The van der Waals surface area contributed by atoms with Gasteiger partial charge in [0.15, 0.2) is 0 Å². The number of carbonyl (C=O) groups is 2. The summed E-state index contributed by atoms with van der Waals surface area (Å²) < 4.78 is 26.6. The molecule has 1 amide bonds. The lowest BCUT2D eigenvalue weighted by atomic mass is 10.1. The first-order chi connectivity index (χ1) is 11.0. The number of nitrogens with zero attached hydrogens (tertiary/aromatic N) is 2. The second-order valence-corrected chi connectivity index (χ2v) is 5.61. The van der Waals surface area contributed by atoms with Crippen molar-refractivity contribution in [2.24, 2.45) is 0 Å². The van der Waals surface area contributed by atoms with Gasteiger partial charge in [-0.1, -0.05) is 0 Å². The number of piperazine rings is 1. The SMILES string of the molecule is Cl.O=C(O)CCCCN1CCN(C(=O)c2ccc(F)cc2F)CC1. The van der Waals surface area contributed by atoms with E-state index in [1.807, 2.05) is 0 Å². The fourth-order valence-electron chi connectivity index (χ4n) is 2.62. The molecule has 0 unspecified atom stereocenters. The van der Waals surface area contributed by atoms with Crippen molar-refractivity contribution in [2.75, 3.05) is 32.7 Å². The van der Waals surface area contributed by atoms with Gasteiger partial charge in [-0.2, -0.15) is 0 Å². The van der Waals surface area contributed by atoms with Gasteiger partial charge in [0.05, 0.1) is 5.56 Å². The molecule has 1 saturated heterocycles. The zero-order chi connectivity index (χ0) is 16.8. The minimum absolute atomic E-state index is 0. The van der Waals surface area contributed by atoms with E-state index in [1.165, 1.54) is 6.07 Å². The Balaban J connectivity index is 0.00000288. The van der Waals surface area contributed by atoms with Crippen LogP contribution in [0.4, 0.5) is 8.78 Å². The third kappa shape index (κ3) is 5.72. The first-order valence-electron chi connectivity index (χ1n) is 7.66. The zero-order valence-corrected chi connectivity index (χ0v) is 14.0. The first-order valence-corrected chi connectivity index (χ1v) is 7.66. The van der Waals surface area contributed by atoms with E-state index in [0.29, 0.717) is 38.7 Å². The molecule has 0 atom stereocenters. The molecular weight excluding hydrogens is 342 g/mol. The van der Waals surface area contributed by atoms with E-state index in [-0.39, 0.29) is 24.4 Å². The highest BCUT2D eigenvalue weighted by molar-refractivity contribution is 5.94. The molecule has 0 aromatic heterocycles. The van der Waals surface area contributed by atoms with Gasteiger partial charge in [0.25, 0.3) is 5.91 Å². The molecule has 1 aromatic rings. The number of carboxylic acids is 1. The number of amides is 1. The van der Waals surface area contributed by atoms with Gasteiger partial charge in [0.1, 0.15) is 11.6 Å². The van der Waals surface area contributed by atoms with Crippen LogP contribution in [0.5, 0.6) is 0 Å². The van der Waals surface area contributed by atoms with Gasteiger partial charge in [-0.3, -0.25) is 14.5 Å². The van der Waals surface area contributed by atoms with Crippen molar-refractivity contribution in [2.45, 2.75) is 19.3 Å². The maximum Gasteiger partial charge on any atom is 0.303 e. The number of hydrogen-bond acceptors (Lipinski definition) is 3. The Kier molecular flexibility index (Phi) is 8.07. The van der Waals surface area contributed by atoms with Crippen LogP contribution in [0.25, 0.3) is 0 Å². The minimum Gasteiger partial charge on any atom is -0.481 e. The van der Waals surface area contributed by atoms with Crippen LogP contribution in [0.2, 0.25) is 0 Å². The van der Waals surface area contributed by atoms with E-state index in [1.54, 1.807) is 4.90 Å². The normalized spacial score (nSPS) is 15.0. The smallest absolute Gasteiger partial charge is 0.303 e. The van der Waals surface area contributed by atoms with Crippen molar-refractivity contribution in [3.8, 4) is 0 Å². The van der Waals surface area contributed by atoms with Gasteiger partial charge in [0, 0.05) is 38.7 Å². The third-order valence-corrected chi connectivity index (χ3v) is 3.94. The van der Waals surface area contributed by atoms with E-state index in [4.69, 9.17) is 5.11 Å². The number of carboxylic acid groups (broad SMARTS) is 1. The van der Waals surface area contributed by atoms with Crippen molar-refractivity contribution in [3.63, 3.8) is 0 Å². The van der Waals surface area contributed by atoms with Crippen LogP contribution < -0.4 is 0 Å². The lowest BCUT2D eigenvalue weighted by Crippen LogP contribution is -2.49. The quantitative estimate of drug-likeness (QED) is 0.789. The average Bonchev–Trinajstić information content (AvgIpc) is 2.51. The molecule has 24 heavy (non-hydrogen) atoms. The lowest BCUT2D eigenvalue weighted by Gasteiger charge is -2.34. The Bertz CT molecular complexity index is 578. The molecule has 1 heterocycles. The summed E-state index contributed by atoms with van der Waals surface area (Å²) in [6.07, 6.45) is 1.60. The topological polar surface area (TPSA) is 60.9 Å². The van der Waals surface area contributed by atoms with Gasteiger partial charge in [-0.05, 0) is 31.5 Å². The monoisotopic (exact) mass is 362 g/mol. The molecule has 8 heteroatoms. The van der Waals surface area contributed by atoms with Gasteiger partial charge in [-0.25, -0.2) is 8.78 Å². The molecule has 0 aliphatic carbocycles. The summed E-state index contributed by atoms with van der Waals surface area (Å²) in [7, 11) is 0. The highest BCUT2D eigenvalue weighted by Crippen LogP contribution is 2.14. The number of unbranched alkanes of at least 4 members (excludes halogenated alkanes) is 1. The minimum atomic E-state index is -0.842. The third-order valence-electron chi connectivity index (χ3n) is 3.94. The largest absolute Gasteiger partial charge is 0.481 e. The average molecular weight is 363 g/mol. The maximum atomic E-state index is 13.7. The number of aliphatic carboxylic acids is 1.